The second-order valence-electron chi connectivity index (χ2n) is 4.34. The molecule has 0 spiro atoms. The molecule has 4 nitrogen and oxygen atoms in total. The van der Waals surface area contributed by atoms with Crippen LogP contribution in [-0.2, 0) is 6.42 Å². The summed E-state index contributed by atoms with van der Waals surface area (Å²) in [6.45, 7) is 1.12. The van der Waals surface area contributed by atoms with E-state index in [1.54, 1.807) is 0 Å². The van der Waals surface area contributed by atoms with Gasteiger partial charge in [-0.2, -0.15) is 0 Å². The first-order valence-electron chi connectivity index (χ1n) is 5.66. The third-order valence-electron chi connectivity index (χ3n) is 3.13. The average Bonchev–Trinajstić information content (AvgIpc) is 2.85. The molecule has 2 N–H and O–H groups in total. The summed E-state index contributed by atoms with van der Waals surface area (Å²) in [5, 5.41) is 3.46. The zero-order chi connectivity index (χ0) is 11.0. The molecule has 1 aliphatic rings. The van der Waals surface area contributed by atoms with Crippen LogP contribution in [0.15, 0.2) is 27.4 Å². The summed E-state index contributed by atoms with van der Waals surface area (Å²) in [5.41, 5.74) is 2.66. The van der Waals surface area contributed by atoms with E-state index >= 15 is 0 Å². The number of H-pyrrole nitrogens is 1. The predicted octanol–water partition coefficient (Wildman–Crippen LogP) is 1.42. The number of nitrogens with one attached hydrogen (secondary N) is 2. The standard InChI is InChI=1S/C12H14N2O2/c15-12-14-10-7-8(3-4-11(10)16-12)6-9-2-1-5-13-9/h3-4,7,9,13H,1-2,5-6H2,(H,14,15). The van der Waals surface area contributed by atoms with Gasteiger partial charge in [0.05, 0.1) is 5.52 Å². The van der Waals surface area contributed by atoms with E-state index in [4.69, 9.17) is 4.42 Å². The van der Waals surface area contributed by atoms with Gasteiger partial charge in [0.1, 0.15) is 0 Å². The molecular weight excluding hydrogens is 204 g/mol. The van der Waals surface area contributed by atoms with E-state index < -0.39 is 0 Å². The van der Waals surface area contributed by atoms with Gasteiger partial charge in [-0.1, -0.05) is 6.07 Å². The van der Waals surface area contributed by atoms with E-state index in [9.17, 15) is 4.79 Å². The first-order valence-corrected chi connectivity index (χ1v) is 5.66. The van der Waals surface area contributed by atoms with Crippen molar-refractivity contribution >= 4 is 11.1 Å². The van der Waals surface area contributed by atoms with Crippen molar-refractivity contribution in [3.63, 3.8) is 0 Å². The lowest BCUT2D eigenvalue weighted by molar-refractivity contribution is 0.555. The lowest BCUT2D eigenvalue weighted by atomic mass is 10.0. The molecule has 0 saturated carbocycles. The van der Waals surface area contributed by atoms with Crippen LogP contribution in [0, 0.1) is 0 Å². The number of aromatic nitrogens is 1. The van der Waals surface area contributed by atoms with E-state index in [1.807, 2.05) is 18.2 Å². The van der Waals surface area contributed by atoms with Crippen LogP contribution in [-0.4, -0.2) is 17.6 Å². The second-order valence-corrected chi connectivity index (χ2v) is 4.34. The van der Waals surface area contributed by atoms with Crippen molar-refractivity contribution < 1.29 is 4.42 Å². The maximum Gasteiger partial charge on any atom is 0.417 e. The Morgan fingerprint density at radius 2 is 2.38 bits per heavy atom. The molecule has 1 atom stereocenters. The lowest BCUT2D eigenvalue weighted by Gasteiger charge is -2.09. The fourth-order valence-corrected chi connectivity index (χ4v) is 2.34. The number of hydrogen-bond donors (Lipinski definition) is 2. The Morgan fingerprint density at radius 3 is 3.19 bits per heavy atom. The van der Waals surface area contributed by atoms with Crippen LogP contribution >= 0.6 is 0 Å². The molecule has 1 unspecified atom stereocenters. The zero-order valence-electron chi connectivity index (χ0n) is 8.95. The van der Waals surface area contributed by atoms with Crippen molar-refractivity contribution in [1.29, 1.82) is 0 Å². The van der Waals surface area contributed by atoms with Gasteiger partial charge >= 0.3 is 5.76 Å². The highest BCUT2D eigenvalue weighted by Gasteiger charge is 2.14. The highest BCUT2D eigenvalue weighted by molar-refractivity contribution is 5.72. The average molecular weight is 218 g/mol. The Hall–Kier alpha value is -1.55. The number of rotatable bonds is 2. The highest BCUT2D eigenvalue weighted by Crippen LogP contribution is 2.16. The molecule has 1 aromatic carbocycles. The summed E-state index contributed by atoms with van der Waals surface area (Å²) in [6, 6.07) is 6.47. The van der Waals surface area contributed by atoms with Crippen molar-refractivity contribution in [3.05, 3.63) is 34.3 Å². The molecule has 4 heteroatoms. The van der Waals surface area contributed by atoms with Crippen molar-refractivity contribution in [2.24, 2.45) is 0 Å². The fraction of sp³-hybridized carbons (Fsp3) is 0.417. The van der Waals surface area contributed by atoms with Gasteiger partial charge in [0, 0.05) is 6.04 Å². The van der Waals surface area contributed by atoms with Gasteiger partial charge in [-0.3, -0.25) is 4.98 Å². The van der Waals surface area contributed by atoms with E-state index in [2.05, 4.69) is 10.3 Å². The molecule has 0 amide bonds. The third kappa shape index (κ3) is 1.76. The minimum atomic E-state index is -0.383. The van der Waals surface area contributed by atoms with Gasteiger partial charge in [-0.25, -0.2) is 4.79 Å². The van der Waals surface area contributed by atoms with Gasteiger partial charge in [0.25, 0.3) is 0 Å². The topological polar surface area (TPSA) is 58.0 Å². The first-order chi connectivity index (χ1) is 7.81. The summed E-state index contributed by atoms with van der Waals surface area (Å²) < 4.78 is 4.97. The van der Waals surface area contributed by atoms with Crippen molar-refractivity contribution in [1.82, 2.24) is 10.3 Å². The van der Waals surface area contributed by atoms with E-state index in [0.29, 0.717) is 11.6 Å². The van der Waals surface area contributed by atoms with Crippen LogP contribution in [0.1, 0.15) is 18.4 Å². The number of fused-ring (bicyclic) bond motifs is 1. The molecule has 16 heavy (non-hydrogen) atoms. The maximum absolute atomic E-state index is 11.0. The Bertz CT molecular complexity index is 549. The molecule has 3 rings (SSSR count). The maximum atomic E-state index is 11.0. The zero-order valence-corrected chi connectivity index (χ0v) is 8.95. The van der Waals surface area contributed by atoms with Gasteiger partial charge in [0.15, 0.2) is 5.58 Å². The highest BCUT2D eigenvalue weighted by atomic mass is 16.4. The van der Waals surface area contributed by atoms with Crippen LogP contribution in [0.3, 0.4) is 0 Å². The second kappa shape index (κ2) is 3.79. The summed E-state index contributed by atoms with van der Waals surface area (Å²) >= 11 is 0. The Kier molecular flexibility index (Phi) is 2.29. The SMILES string of the molecule is O=c1[nH]c2cc(CC3CCCN3)ccc2o1. The predicted molar refractivity (Wildman–Crippen MR) is 61.6 cm³/mol. The Morgan fingerprint density at radius 1 is 1.44 bits per heavy atom. The molecule has 2 aromatic rings. The van der Waals surface area contributed by atoms with Crippen molar-refractivity contribution in [2.45, 2.75) is 25.3 Å². The summed E-state index contributed by atoms with van der Waals surface area (Å²) in [5.74, 6) is -0.383. The molecule has 84 valence electrons. The molecule has 1 aliphatic heterocycles. The van der Waals surface area contributed by atoms with Crippen LogP contribution < -0.4 is 11.1 Å². The summed E-state index contributed by atoms with van der Waals surface area (Å²) in [4.78, 5) is 13.7. The monoisotopic (exact) mass is 218 g/mol. The van der Waals surface area contributed by atoms with Crippen LogP contribution in [0.2, 0.25) is 0 Å². The van der Waals surface area contributed by atoms with Crippen LogP contribution in [0.4, 0.5) is 0 Å². The van der Waals surface area contributed by atoms with Crippen molar-refractivity contribution in [3.8, 4) is 0 Å². The molecular formula is C12H14N2O2. The quantitative estimate of drug-likeness (QED) is 0.801. The number of benzene rings is 1. The number of hydrogen-bond acceptors (Lipinski definition) is 3. The Labute approximate surface area is 92.7 Å². The minimum absolute atomic E-state index is 0.383. The van der Waals surface area contributed by atoms with E-state index in [0.717, 1.165) is 18.5 Å². The summed E-state index contributed by atoms with van der Waals surface area (Å²) in [7, 11) is 0. The molecule has 1 aromatic heterocycles. The van der Waals surface area contributed by atoms with Crippen LogP contribution in [0.25, 0.3) is 11.1 Å². The van der Waals surface area contributed by atoms with Crippen molar-refractivity contribution in [2.75, 3.05) is 6.54 Å². The first kappa shape index (κ1) is 9.66. The Balaban J connectivity index is 1.89. The van der Waals surface area contributed by atoms with Gasteiger partial charge in [-0.05, 0) is 43.5 Å². The van der Waals surface area contributed by atoms with Gasteiger partial charge < -0.3 is 9.73 Å². The summed E-state index contributed by atoms with van der Waals surface area (Å²) in [6.07, 6.45) is 3.51. The minimum Gasteiger partial charge on any atom is -0.408 e. The molecule has 1 fully saturated rings. The fourth-order valence-electron chi connectivity index (χ4n) is 2.34. The van der Waals surface area contributed by atoms with E-state index in [-0.39, 0.29) is 5.76 Å². The molecule has 1 saturated heterocycles. The molecule has 2 heterocycles. The van der Waals surface area contributed by atoms with Crippen LogP contribution in [0.5, 0.6) is 0 Å². The molecule has 0 radical (unpaired) electrons. The largest absolute Gasteiger partial charge is 0.417 e. The smallest absolute Gasteiger partial charge is 0.408 e. The number of oxazole rings is 1. The lowest BCUT2D eigenvalue weighted by Crippen LogP contribution is -2.23. The number of aromatic amines is 1. The van der Waals surface area contributed by atoms with Gasteiger partial charge in [0.2, 0.25) is 0 Å². The molecule has 0 bridgehead atoms. The van der Waals surface area contributed by atoms with E-state index in [1.165, 1.54) is 18.4 Å². The third-order valence-corrected chi connectivity index (χ3v) is 3.13. The molecule has 0 aliphatic carbocycles. The normalized spacial score (nSPS) is 20.6. The van der Waals surface area contributed by atoms with Gasteiger partial charge in [-0.15, -0.1) is 0 Å².